The zero-order valence-electron chi connectivity index (χ0n) is 10.9. The molecule has 0 saturated heterocycles. The molecule has 2 aromatic rings. The van der Waals surface area contributed by atoms with Crippen LogP contribution >= 0.6 is 0 Å². The van der Waals surface area contributed by atoms with Gasteiger partial charge in [-0.2, -0.15) is 13.2 Å². The first-order valence-corrected chi connectivity index (χ1v) is 6.12. The second-order valence-corrected chi connectivity index (χ2v) is 4.65. The second-order valence-electron chi connectivity index (χ2n) is 4.65. The van der Waals surface area contributed by atoms with Crippen LogP contribution in [0.25, 0.3) is 0 Å². The zero-order chi connectivity index (χ0) is 14.8. The summed E-state index contributed by atoms with van der Waals surface area (Å²) in [6, 6.07) is 6.61. The van der Waals surface area contributed by atoms with Gasteiger partial charge in [0.05, 0.1) is 11.7 Å². The van der Waals surface area contributed by atoms with Gasteiger partial charge in [-0.3, -0.25) is 4.98 Å². The molecule has 0 bridgehead atoms. The van der Waals surface area contributed by atoms with Crippen LogP contribution in [0.3, 0.4) is 0 Å². The number of alkyl halides is 3. The van der Waals surface area contributed by atoms with Gasteiger partial charge in [0.15, 0.2) is 0 Å². The van der Waals surface area contributed by atoms with Gasteiger partial charge in [-0.1, -0.05) is 12.1 Å². The van der Waals surface area contributed by atoms with Gasteiger partial charge in [0.2, 0.25) is 0 Å². The lowest BCUT2D eigenvalue weighted by Crippen LogP contribution is -2.07. The maximum Gasteiger partial charge on any atom is 0.416 e. The molecule has 0 spiro atoms. The van der Waals surface area contributed by atoms with Gasteiger partial charge in [-0.05, 0) is 36.2 Å². The Balaban J connectivity index is 2.13. The maximum atomic E-state index is 12.4. The molecular formula is C15H14F3NO. The molecule has 0 aliphatic carbocycles. The summed E-state index contributed by atoms with van der Waals surface area (Å²) in [7, 11) is 0. The fraction of sp³-hybridized carbons (Fsp3) is 0.267. The predicted molar refractivity (Wildman–Crippen MR) is 69.1 cm³/mol. The lowest BCUT2D eigenvalue weighted by atomic mass is 9.99. The number of aliphatic hydroxyl groups is 1. The molecule has 0 saturated carbocycles. The molecule has 2 nitrogen and oxygen atoms in total. The highest BCUT2D eigenvalue weighted by Crippen LogP contribution is 2.29. The highest BCUT2D eigenvalue weighted by atomic mass is 19.4. The van der Waals surface area contributed by atoms with E-state index in [0.717, 1.165) is 17.7 Å². The summed E-state index contributed by atoms with van der Waals surface area (Å²) >= 11 is 0. The lowest BCUT2D eigenvalue weighted by molar-refractivity contribution is -0.137. The van der Waals surface area contributed by atoms with E-state index in [1.54, 1.807) is 18.5 Å². The van der Waals surface area contributed by atoms with Gasteiger partial charge in [0.1, 0.15) is 0 Å². The number of aryl methyl sites for hydroxylation is 1. The van der Waals surface area contributed by atoms with Crippen LogP contribution in [0.4, 0.5) is 13.2 Å². The Morgan fingerprint density at radius 1 is 1.15 bits per heavy atom. The van der Waals surface area contributed by atoms with Crippen molar-refractivity contribution < 1.29 is 18.3 Å². The first-order valence-electron chi connectivity index (χ1n) is 6.12. The molecule has 5 heteroatoms. The highest BCUT2D eigenvalue weighted by Gasteiger charge is 2.30. The van der Waals surface area contributed by atoms with E-state index in [1.807, 2.05) is 6.92 Å². The Hall–Kier alpha value is -1.88. The minimum atomic E-state index is -4.34. The van der Waals surface area contributed by atoms with E-state index >= 15 is 0 Å². The molecule has 1 heterocycles. The summed E-state index contributed by atoms with van der Waals surface area (Å²) in [5.74, 6) is 0. The number of rotatable bonds is 3. The fourth-order valence-electron chi connectivity index (χ4n) is 1.99. The number of nitrogens with zero attached hydrogens (tertiary/aromatic N) is 1. The van der Waals surface area contributed by atoms with Crippen molar-refractivity contribution in [3.8, 4) is 0 Å². The summed E-state index contributed by atoms with van der Waals surface area (Å²) in [5, 5.41) is 10.1. The van der Waals surface area contributed by atoms with Crippen molar-refractivity contribution in [1.82, 2.24) is 4.98 Å². The maximum absolute atomic E-state index is 12.4. The molecule has 20 heavy (non-hydrogen) atoms. The first-order chi connectivity index (χ1) is 9.38. The Bertz CT molecular complexity index is 578. The van der Waals surface area contributed by atoms with E-state index in [0.29, 0.717) is 11.1 Å². The number of halogens is 3. The molecule has 0 amide bonds. The van der Waals surface area contributed by atoms with Crippen molar-refractivity contribution in [2.75, 3.05) is 0 Å². The van der Waals surface area contributed by atoms with Gasteiger partial charge >= 0.3 is 6.18 Å². The molecule has 106 valence electrons. The fourth-order valence-corrected chi connectivity index (χ4v) is 1.99. The number of pyridine rings is 1. The van der Waals surface area contributed by atoms with E-state index in [4.69, 9.17) is 0 Å². The third-order valence-corrected chi connectivity index (χ3v) is 3.15. The predicted octanol–water partition coefficient (Wildman–Crippen LogP) is 3.68. The zero-order valence-corrected chi connectivity index (χ0v) is 10.9. The number of hydrogen-bond acceptors (Lipinski definition) is 2. The van der Waals surface area contributed by atoms with Gasteiger partial charge in [0, 0.05) is 24.4 Å². The molecule has 2 rings (SSSR count). The minimum Gasteiger partial charge on any atom is -0.388 e. The van der Waals surface area contributed by atoms with E-state index in [9.17, 15) is 18.3 Å². The van der Waals surface area contributed by atoms with Crippen LogP contribution < -0.4 is 0 Å². The summed E-state index contributed by atoms with van der Waals surface area (Å²) in [5.41, 5.74) is 1.55. The van der Waals surface area contributed by atoms with E-state index < -0.39 is 17.8 Å². The van der Waals surface area contributed by atoms with Crippen LogP contribution in [0.5, 0.6) is 0 Å². The normalized spacial score (nSPS) is 13.2. The Morgan fingerprint density at radius 2 is 1.80 bits per heavy atom. The van der Waals surface area contributed by atoms with E-state index in [1.165, 1.54) is 12.1 Å². The van der Waals surface area contributed by atoms with Crippen LogP contribution in [0, 0.1) is 6.92 Å². The quantitative estimate of drug-likeness (QED) is 0.930. The summed E-state index contributed by atoms with van der Waals surface area (Å²) in [4.78, 5) is 3.95. The van der Waals surface area contributed by atoms with Crippen LogP contribution in [0.15, 0.2) is 42.7 Å². The van der Waals surface area contributed by atoms with Gasteiger partial charge in [0.25, 0.3) is 0 Å². The molecule has 0 fully saturated rings. The van der Waals surface area contributed by atoms with E-state index in [-0.39, 0.29) is 6.42 Å². The largest absolute Gasteiger partial charge is 0.416 e. The van der Waals surface area contributed by atoms with Crippen LogP contribution in [0.2, 0.25) is 0 Å². The summed E-state index contributed by atoms with van der Waals surface area (Å²) < 4.78 is 37.3. The monoisotopic (exact) mass is 281 g/mol. The number of benzene rings is 1. The first kappa shape index (κ1) is 14.5. The Morgan fingerprint density at radius 3 is 2.35 bits per heavy atom. The Labute approximate surface area is 114 Å². The molecule has 1 aromatic heterocycles. The smallest absolute Gasteiger partial charge is 0.388 e. The molecule has 1 atom stereocenters. The van der Waals surface area contributed by atoms with Crippen LogP contribution in [-0.4, -0.2) is 10.1 Å². The minimum absolute atomic E-state index is 0.255. The summed E-state index contributed by atoms with van der Waals surface area (Å²) in [6.07, 6.45) is -1.66. The van der Waals surface area contributed by atoms with Crippen molar-refractivity contribution >= 4 is 0 Å². The van der Waals surface area contributed by atoms with E-state index in [2.05, 4.69) is 4.98 Å². The van der Waals surface area contributed by atoms with Crippen molar-refractivity contribution in [1.29, 1.82) is 0 Å². The molecule has 0 radical (unpaired) electrons. The molecular weight excluding hydrogens is 267 g/mol. The third kappa shape index (κ3) is 3.36. The van der Waals surface area contributed by atoms with Gasteiger partial charge in [-0.25, -0.2) is 0 Å². The SMILES string of the molecule is Cc1ccncc1C(O)Cc1ccc(C(F)(F)F)cc1. The lowest BCUT2D eigenvalue weighted by Gasteiger charge is -2.14. The van der Waals surface area contributed by atoms with Crippen LogP contribution in [-0.2, 0) is 12.6 Å². The second kappa shape index (κ2) is 5.63. The topological polar surface area (TPSA) is 33.1 Å². The van der Waals surface area contributed by atoms with Crippen molar-refractivity contribution in [3.05, 3.63) is 65.0 Å². The molecule has 1 unspecified atom stereocenters. The van der Waals surface area contributed by atoms with Crippen molar-refractivity contribution in [2.24, 2.45) is 0 Å². The van der Waals surface area contributed by atoms with Crippen molar-refractivity contribution in [2.45, 2.75) is 25.6 Å². The standard InChI is InChI=1S/C15H14F3NO/c1-10-6-7-19-9-13(10)14(20)8-11-2-4-12(5-3-11)15(16,17)18/h2-7,9,14,20H,8H2,1H3. The van der Waals surface area contributed by atoms with Gasteiger partial charge in [-0.15, -0.1) is 0 Å². The number of hydrogen-bond donors (Lipinski definition) is 1. The molecule has 1 aromatic carbocycles. The average Bonchev–Trinajstić information content (AvgIpc) is 2.38. The molecule has 1 N–H and O–H groups in total. The molecule has 0 aliphatic heterocycles. The van der Waals surface area contributed by atoms with Gasteiger partial charge < -0.3 is 5.11 Å². The molecule has 0 aliphatic rings. The summed E-state index contributed by atoms with van der Waals surface area (Å²) in [6.45, 7) is 1.85. The highest BCUT2D eigenvalue weighted by molar-refractivity contribution is 5.28. The van der Waals surface area contributed by atoms with Crippen molar-refractivity contribution in [3.63, 3.8) is 0 Å². The number of aromatic nitrogens is 1. The number of aliphatic hydroxyl groups excluding tert-OH is 1. The van der Waals surface area contributed by atoms with Crippen LogP contribution in [0.1, 0.15) is 28.4 Å². The third-order valence-electron chi connectivity index (χ3n) is 3.15. The Kier molecular flexibility index (Phi) is 4.09. The average molecular weight is 281 g/mol.